The largest absolute Gasteiger partial charge is 0.493 e. The van der Waals surface area contributed by atoms with E-state index in [0.717, 1.165) is 43.4 Å². The molecule has 0 saturated carbocycles. The number of ether oxygens (including phenoxy) is 2. The number of unbranched alkanes of at least 4 members (excludes halogenated alkanes) is 27. The molecule has 1 heterocycles. The third-order valence-electron chi connectivity index (χ3n) is 13.8. The van der Waals surface area contributed by atoms with Gasteiger partial charge >= 0.3 is 0 Å². The first-order valence-corrected chi connectivity index (χ1v) is 27.6. The van der Waals surface area contributed by atoms with E-state index in [1.54, 1.807) is 0 Å². The van der Waals surface area contributed by atoms with Crippen LogP contribution in [-0.4, -0.2) is 17.8 Å². The average Bonchev–Trinajstić information content (AvgIpc) is 3.64. The highest BCUT2D eigenvalue weighted by molar-refractivity contribution is 6.09. The molecule has 0 bridgehead atoms. The zero-order valence-electron chi connectivity index (χ0n) is 43.3. The standard InChI is InChI=1S/C62H91N3O2/c1-6-10-13-16-19-22-25-28-31-34-41-65-59-39-37-51(5)44-57(59)58-46-52(38-40-60(58)65)45-54(50-64)56-48-61(66-42-35-32-29-26-23-20-17-14-11-7-2)55(53(9-4)49-63)47-62(56)67-43-36-33-30-27-24-21-18-15-12-8-3/h9,37-40,44-48H,6-8,10-36,41-43H2,1-5H3/b53-9+,54-45+. The number of benzene rings is 3. The lowest BCUT2D eigenvalue weighted by Gasteiger charge is -2.18. The predicted molar refractivity (Wildman–Crippen MR) is 290 cm³/mol. The van der Waals surface area contributed by atoms with E-state index in [9.17, 15) is 10.5 Å². The van der Waals surface area contributed by atoms with Crippen LogP contribution in [0.2, 0.25) is 0 Å². The molecule has 0 atom stereocenters. The highest BCUT2D eigenvalue weighted by Crippen LogP contribution is 2.39. The number of hydrogen-bond donors (Lipinski definition) is 0. The van der Waals surface area contributed by atoms with Crippen LogP contribution in [0.4, 0.5) is 0 Å². The van der Waals surface area contributed by atoms with E-state index >= 15 is 0 Å². The van der Waals surface area contributed by atoms with E-state index in [4.69, 9.17) is 9.47 Å². The molecule has 0 spiro atoms. The Morgan fingerprint density at radius 2 is 0.866 bits per heavy atom. The monoisotopic (exact) mass is 910 g/mol. The second-order valence-corrected chi connectivity index (χ2v) is 19.5. The summed E-state index contributed by atoms with van der Waals surface area (Å²) in [7, 11) is 0. The number of nitriles is 2. The molecule has 1 aromatic heterocycles. The van der Waals surface area contributed by atoms with Gasteiger partial charge in [0, 0.05) is 39.5 Å². The Kier molecular flexibility index (Phi) is 27.9. The highest BCUT2D eigenvalue weighted by atomic mass is 16.5. The number of allylic oxidation sites excluding steroid dienone is 3. The van der Waals surface area contributed by atoms with E-state index in [1.165, 1.54) is 194 Å². The Bertz CT molecular complexity index is 2140. The summed E-state index contributed by atoms with van der Waals surface area (Å²) in [6.07, 6.45) is 42.2. The molecule has 0 aliphatic carbocycles. The first kappa shape index (κ1) is 55.1. The molecule has 0 N–H and O–H groups in total. The molecule has 0 amide bonds. The van der Waals surface area contributed by atoms with Crippen molar-refractivity contribution >= 4 is 39.0 Å². The SMILES string of the molecule is C/C=C(\C#N)c1cc(OCCCCCCCCCCCC)c(/C(C#N)=C/c2ccc3c(c2)c2cc(C)ccc2n3CCCCCCCCCCCC)cc1OCCCCCCCCCCCC. The molecule has 4 aromatic rings. The third-order valence-corrected chi connectivity index (χ3v) is 13.8. The van der Waals surface area contributed by atoms with Gasteiger partial charge in [-0.2, -0.15) is 10.5 Å². The molecule has 0 fully saturated rings. The van der Waals surface area contributed by atoms with Crippen molar-refractivity contribution in [1.82, 2.24) is 4.57 Å². The van der Waals surface area contributed by atoms with E-state index in [2.05, 4.69) is 80.8 Å². The topological polar surface area (TPSA) is 71.0 Å². The fourth-order valence-electron chi connectivity index (χ4n) is 9.70. The number of nitrogens with zero attached hydrogens (tertiary/aromatic N) is 3. The normalized spacial score (nSPS) is 12.0. The Hall–Kier alpha value is -4.48. The van der Waals surface area contributed by atoms with Crippen LogP contribution in [0.15, 0.2) is 54.6 Å². The van der Waals surface area contributed by atoms with E-state index in [0.29, 0.717) is 41.4 Å². The van der Waals surface area contributed by atoms with Crippen LogP contribution in [0.1, 0.15) is 243 Å². The molecule has 4 rings (SSSR count). The maximum atomic E-state index is 10.9. The number of aryl methyl sites for hydroxylation is 2. The van der Waals surface area contributed by atoms with Crippen LogP contribution in [0, 0.1) is 29.6 Å². The van der Waals surface area contributed by atoms with Gasteiger partial charge in [0.1, 0.15) is 11.5 Å². The summed E-state index contributed by atoms with van der Waals surface area (Å²) < 4.78 is 15.7. The van der Waals surface area contributed by atoms with Crippen LogP contribution in [-0.2, 0) is 6.54 Å². The molecular weight excluding hydrogens is 819 g/mol. The Morgan fingerprint density at radius 1 is 0.478 bits per heavy atom. The van der Waals surface area contributed by atoms with Crippen molar-refractivity contribution < 1.29 is 9.47 Å². The van der Waals surface area contributed by atoms with Gasteiger partial charge in [-0.25, -0.2) is 0 Å². The highest BCUT2D eigenvalue weighted by Gasteiger charge is 2.19. The minimum absolute atomic E-state index is 0.525. The molecule has 0 saturated heterocycles. The third kappa shape index (κ3) is 19.6. The molecule has 366 valence electrons. The minimum Gasteiger partial charge on any atom is -0.493 e. The van der Waals surface area contributed by atoms with Gasteiger partial charge in [-0.15, -0.1) is 0 Å². The second-order valence-electron chi connectivity index (χ2n) is 19.5. The molecule has 5 heteroatoms. The van der Waals surface area contributed by atoms with Gasteiger partial charge in [-0.1, -0.05) is 218 Å². The van der Waals surface area contributed by atoms with Crippen LogP contribution >= 0.6 is 0 Å². The van der Waals surface area contributed by atoms with Crippen molar-refractivity contribution in [1.29, 1.82) is 10.5 Å². The maximum Gasteiger partial charge on any atom is 0.128 e. The lowest BCUT2D eigenvalue weighted by molar-refractivity contribution is 0.295. The van der Waals surface area contributed by atoms with Gasteiger partial charge in [0.15, 0.2) is 0 Å². The number of aromatic nitrogens is 1. The van der Waals surface area contributed by atoms with E-state index in [-0.39, 0.29) is 0 Å². The fourth-order valence-corrected chi connectivity index (χ4v) is 9.70. The maximum absolute atomic E-state index is 10.9. The Morgan fingerprint density at radius 3 is 1.30 bits per heavy atom. The summed E-state index contributed by atoms with van der Waals surface area (Å²) in [5, 5.41) is 23.7. The lowest BCUT2D eigenvalue weighted by Crippen LogP contribution is -2.05. The number of rotatable bonds is 38. The van der Waals surface area contributed by atoms with Gasteiger partial charge < -0.3 is 14.0 Å². The molecule has 67 heavy (non-hydrogen) atoms. The minimum atomic E-state index is 0.525. The number of fused-ring (bicyclic) bond motifs is 3. The van der Waals surface area contributed by atoms with Gasteiger partial charge in [-0.05, 0) is 81.1 Å². The molecular formula is C62H91N3O2. The van der Waals surface area contributed by atoms with Crippen LogP contribution < -0.4 is 9.47 Å². The molecule has 0 aliphatic rings. The van der Waals surface area contributed by atoms with E-state index in [1.807, 2.05) is 31.2 Å². The van der Waals surface area contributed by atoms with Crippen LogP contribution in [0.25, 0.3) is 39.0 Å². The second kappa shape index (κ2) is 33.9. The summed E-state index contributed by atoms with van der Waals surface area (Å²) in [5.74, 6) is 1.26. The summed E-state index contributed by atoms with van der Waals surface area (Å²) in [5.41, 5.74) is 7.26. The summed E-state index contributed by atoms with van der Waals surface area (Å²) in [6, 6.07) is 22.4. The quantitative estimate of drug-likeness (QED) is 0.0255. The Balaban J connectivity index is 1.56. The summed E-state index contributed by atoms with van der Waals surface area (Å²) in [4.78, 5) is 0. The molecule has 0 aliphatic heterocycles. The smallest absolute Gasteiger partial charge is 0.128 e. The van der Waals surface area contributed by atoms with Crippen molar-refractivity contribution in [3.05, 3.63) is 76.9 Å². The van der Waals surface area contributed by atoms with Gasteiger partial charge in [0.05, 0.1) is 36.5 Å². The molecule has 0 radical (unpaired) electrons. The first-order chi connectivity index (χ1) is 33.0. The summed E-state index contributed by atoms with van der Waals surface area (Å²) >= 11 is 0. The lowest BCUT2D eigenvalue weighted by atomic mass is 9.97. The van der Waals surface area contributed by atoms with E-state index < -0.39 is 0 Å². The number of hydrogen-bond acceptors (Lipinski definition) is 4. The Labute approximate surface area is 409 Å². The van der Waals surface area contributed by atoms with Gasteiger partial charge in [0.25, 0.3) is 0 Å². The fraction of sp³-hybridized carbons (Fsp3) is 0.613. The van der Waals surface area contributed by atoms with Crippen molar-refractivity contribution in [2.45, 2.75) is 234 Å². The van der Waals surface area contributed by atoms with Crippen LogP contribution in [0.3, 0.4) is 0 Å². The van der Waals surface area contributed by atoms with Gasteiger partial charge in [-0.3, -0.25) is 0 Å². The predicted octanol–water partition coefficient (Wildman–Crippen LogP) is 19.6. The van der Waals surface area contributed by atoms with Crippen LogP contribution in [0.5, 0.6) is 11.5 Å². The van der Waals surface area contributed by atoms with Crippen molar-refractivity contribution in [2.75, 3.05) is 13.2 Å². The average molecular weight is 910 g/mol. The van der Waals surface area contributed by atoms with Crippen molar-refractivity contribution in [3.63, 3.8) is 0 Å². The molecule has 5 nitrogen and oxygen atoms in total. The van der Waals surface area contributed by atoms with Crippen molar-refractivity contribution in [2.24, 2.45) is 0 Å². The molecule has 0 unspecified atom stereocenters. The zero-order valence-corrected chi connectivity index (χ0v) is 43.3. The summed E-state index contributed by atoms with van der Waals surface area (Å²) in [6.45, 7) is 13.0. The first-order valence-electron chi connectivity index (χ1n) is 27.6. The molecule has 3 aromatic carbocycles. The van der Waals surface area contributed by atoms with Crippen molar-refractivity contribution in [3.8, 4) is 23.6 Å². The van der Waals surface area contributed by atoms with Gasteiger partial charge in [0.2, 0.25) is 0 Å². The zero-order chi connectivity index (χ0) is 47.7.